The summed E-state index contributed by atoms with van der Waals surface area (Å²) in [6, 6.07) is 5.60. The Morgan fingerprint density at radius 2 is 1.92 bits per heavy atom. The summed E-state index contributed by atoms with van der Waals surface area (Å²) in [5.74, 6) is 0.603. The number of halogens is 2. The van der Waals surface area contributed by atoms with Crippen LogP contribution in [-0.2, 0) is 16.1 Å². The van der Waals surface area contributed by atoms with Gasteiger partial charge in [-0.1, -0.05) is 50.0 Å². The fourth-order valence-electron chi connectivity index (χ4n) is 4.75. The number of ether oxygens (including phenoxy) is 2. The second-order valence-corrected chi connectivity index (χ2v) is 8.14. The lowest BCUT2D eigenvalue weighted by atomic mass is 9.63. The van der Waals surface area contributed by atoms with Gasteiger partial charge < -0.3 is 9.47 Å². The molecule has 0 aromatic heterocycles. The summed E-state index contributed by atoms with van der Waals surface area (Å²) in [6.07, 6.45) is 6.80. The number of hydrogen-bond donors (Lipinski definition) is 0. The van der Waals surface area contributed by atoms with E-state index in [1.807, 2.05) is 12.1 Å². The summed E-state index contributed by atoms with van der Waals surface area (Å²) in [7, 11) is 0. The molecular formula is C20H28Cl2O2. The van der Waals surface area contributed by atoms with E-state index in [1.54, 1.807) is 6.07 Å². The SMILES string of the molecule is CCC1(CC)OC2(CC)CCC1CC2OCc1ccc(Cl)cc1Cl. The van der Waals surface area contributed by atoms with Crippen molar-refractivity contribution in [1.29, 1.82) is 0 Å². The molecule has 2 aliphatic heterocycles. The highest BCUT2D eigenvalue weighted by Gasteiger charge is 2.58. The number of hydrogen-bond acceptors (Lipinski definition) is 2. The summed E-state index contributed by atoms with van der Waals surface area (Å²) < 4.78 is 13.1. The first kappa shape index (κ1) is 18.5. The van der Waals surface area contributed by atoms with Crippen molar-refractivity contribution in [2.75, 3.05) is 0 Å². The molecule has 3 aliphatic rings. The van der Waals surface area contributed by atoms with Gasteiger partial charge >= 0.3 is 0 Å². The number of fused-ring (bicyclic) bond motifs is 3. The Morgan fingerprint density at radius 1 is 1.17 bits per heavy atom. The van der Waals surface area contributed by atoms with E-state index in [4.69, 9.17) is 32.7 Å². The van der Waals surface area contributed by atoms with Crippen LogP contribution >= 0.6 is 23.2 Å². The molecule has 0 amide bonds. The first-order chi connectivity index (χ1) is 11.5. The van der Waals surface area contributed by atoms with Gasteiger partial charge in [0.15, 0.2) is 0 Å². The molecule has 1 saturated carbocycles. The zero-order chi connectivity index (χ0) is 17.4. The molecular weight excluding hydrogens is 343 g/mol. The molecule has 3 atom stereocenters. The van der Waals surface area contributed by atoms with Crippen molar-refractivity contribution >= 4 is 23.2 Å². The van der Waals surface area contributed by atoms with Gasteiger partial charge in [-0.05, 0) is 62.1 Å². The summed E-state index contributed by atoms with van der Waals surface area (Å²) in [5.41, 5.74) is 0.900. The Hall–Kier alpha value is -0.280. The van der Waals surface area contributed by atoms with Crippen LogP contribution in [0.15, 0.2) is 18.2 Å². The topological polar surface area (TPSA) is 18.5 Å². The molecule has 134 valence electrons. The molecule has 4 heteroatoms. The minimum atomic E-state index is -0.139. The van der Waals surface area contributed by atoms with E-state index in [2.05, 4.69) is 20.8 Å². The summed E-state index contributed by atoms with van der Waals surface area (Å²) in [5, 5.41) is 1.33. The van der Waals surface area contributed by atoms with Crippen LogP contribution in [0.2, 0.25) is 10.0 Å². The van der Waals surface area contributed by atoms with Crippen LogP contribution in [0.5, 0.6) is 0 Å². The van der Waals surface area contributed by atoms with E-state index >= 15 is 0 Å². The summed E-state index contributed by atoms with van der Waals surface area (Å²) in [4.78, 5) is 0. The molecule has 1 aromatic rings. The van der Waals surface area contributed by atoms with Gasteiger partial charge in [-0.3, -0.25) is 0 Å². The van der Waals surface area contributed by atoms with Gasteiger partial charge in [-0.2, -0.15) is 0 Å². The van der Waals surface area contributed by atoms with E-state index in [9.17, 15) is 0 Å². The van der Waals surface area contributed by atoms with Crippen molar-refractivity contribution in [1.82, 2.24) is 0 Å². The monoisotopic (exact) mass is 370 g/mol. The van der Waals surface area contributed by atoms with Gasteiger partial charge in [0.25, 0.3) is 0 Å². The zero-order valence-corrected chi connectivity index (χ0v) is 16.4. The number of rotatable bonds is 6. The third-order valence-electron chi connectivity index (χ3n) is 6.40. The van der Waals surface area contributed by atoms with Gasteiger partial charge in [-0.25, -0.2) is 0 Å². The van der Waals surface area contributed by atoms with E-state index in [0.717, 1.165) is 37.7 Å². The predicted molar refractivity (Wildman–Crippen MR) is 99.8 cm³/mol. The molecule has 1 aliphatic carbocycles. The first-order valence-electron chi connectivity index (χ1n) is 9.24. The fourth-order valence-corrected chi connectivity index (χ4v) is 5.21. The van der Waals surface area contributed by atoms with Crippen molar-refractivity contribution < 1.29 is 9.47 Å². The standard InChI is InChI=1S/C20H28Cl2O2/c1-4-19(5-2)15-9-10-20(6-3,24-19)18(11-15)23-13-14-7-8-16(21)12-17(14)22/h7-8,12,15,18H,4-6,9-11,13H2,1-3H3. The minimum absolute atomic E-state index is 0.0477. The summed E-state index contributed by atoms with van der Waals surface area (Å²) >= 11 is 12.3. The largest absolute Gasteiger partial charge is 0.370 e. The molecule has 2 heterocycles. The minimum Gasteiger partial charge on any atom is -0.370 e. The first-order valence-corrected chi connectivity index (χ1v) is 10.00. The van der Waals surface area contributed by atoms with Crippen molar-refractivity contribution in [2.45, 2.75) is 83.2 Å². The Balaban J connectivity index is 1.75. The van der Waals surface area contributed by atoms with Crippen molar-refractivity contribution in [3.8, 4) is 0 Å². The van der Waals surface area contributed by atoms with Crippen LogP contribution in [0, 0.1) is 5.92 Å². The lowest BCUT2D eigenvalue weighted by molar-refractivity contribution is -0.305. The van der Waals surface area contributed by atoms with E-state index < -0.39 is 0 Å². The van der Waals surface area contributed by atoms with Gasteiger partial charge in [0.2, 0.25) is 0 Å². The van der Waals surface area contributed by atoms with Gasteiger partial charge in [0.05, 0.1) is 23.9 Å². The molecule has 2 nitrogen and oxygen atoms in total. The molecule has 4 rings (SSSR count). The van der Waals surface area contributed by atoms with Crippen molar-refractivity contribution in [3.63, 3.8) is 0 Å². The molecule has 3 fully saturated rings. The maximum atomic E-state index is 6.78. The van der Waals surface area contributed by atoms with Crippen LogP contribution in [0.4, 0.5) is 0 Å². The third-order valence-corrected chi connectivity index (χ3v) is 6.99. The highest BCUT2D eigenvalue weighted by atomic mass is 35.5. The van der Waals surface area contributed by atoms with Crippen molar-refractivity contribution in [2.24, 2.45) is 5.92 Å². The molecule has 24 heavy (non-hydrogen) atoms. The Kier molecular flexibility index (Phi) is 5.51. The normalized spacial score (nSPS) is 31.4. The van der Waals surface area contributed by atoms with Crippen molar-refractivity contribution in [3.05, 3.63) is 33.8 Å². The Labute approximate surface area is 155 Å². The second-order valence-electron chi connectivity index (χ2n) is 7.30. The average molecular weight is 371 g/mol. The quantitative estimate of drug-likeness (QED) is 0.575. The Bertz CT molecular complexity index is 585. The van der Waals surface area contributed by atoms with E-state index in [1.165, 1.54) is 6.42 Å². The maximum absolute atomic E-state index is 6.78. The molecule has 2 saturated heterocycles. The average Bonchev–Trinajstić information content (AvgIpc) is 2.61. The van der Waals surface area contributed by atoms with E-state index in [0.29, 0.717) is 22.6 Å². The summed E-state index contributed by atoms with van der Waals surface area (Å²) in [6.45, 7) is 7.27. The Morgan fingerprint density at radius 3 is 2.54 bits per heavy atom. The van der Waals surface area contributed by atoms with Gasteiger partial charge in [-0.15, -0.1) is 0 Å². The lowest BCUT2D eigenvalue weighted by Gasteiger charge is -2.60. The third kappa shape index (κ3) is 3.11. The molecule has 0 radical (unpaired) electrons. The van der Waals surface area contributed by atoms with Crippen LogP contribution in [0.1, 0.15) is 64.9 Å². The molecule has 0 spiro atoms. The predicted octanol–water partition coefficient (Wildman–Crippen LogP) is 6.42. The van der Waals surface area contributed by atoms with Crippen LogP contribution in [0.3, 0.4) is 0 Å². The molecule has 3 unspecified atom stereocenters. The van der Waals surface area contributed by atoms with Gasteiger partial charge in [0, 0.05) is 10.0 Å². The molecule has 2 bridgehead atoms. The number of benzene rings is 1. The molecule has 1 aromatic carbocycles. The molecule has 0 N–H and O–H groups in total. The lowest BCUT2D eigenvalue weighted by Crippen LogP contribution is -2.64. The van der Waals surface area contributed by atoms with Crippen LogP contribution in [-0.4, -0.2) is 17.3 Å². The fraction of sp³-hybridized carbons (Fsp3) is 0.700. The maximum Gasteiger partial charge on any atom is 0.0948 e. The zero-order valence-electron chi connectivity index (χ0n) is 14.9. The smallest absolute Gasteiger partial charge is 0.0948 e. The highest BCUT2D eigenvalue weighted by molar-refractivity contribution is 6.35. The second kappa shape index (κ2) is 7.15. The highest BCUT2D eigenvalue weighted by Crippen LogP contribution is 2.54. The van der Waals surface area contributed by atoms with E-state index in [-0.39, 0.29) is 17.3 Å². The van der Waals surface area contributed by atoms with Crippen LogP contribution < -0.4 is 0 Å². The van der Waals surface area contributed by atoms with Crippen LogP contribution in [0.25, 0.3) is 0 Å². The van der Waals surface area contributed by atoms with Gasteiger partial charge in [0.1, 0.15) is 0 Å².